The molecule has 0 amide bonds. The summed E-state index contributed by atoms with van der Waals surface area (Å²) in [4.78, 5) is 15.9. The largest absolute Gasteiger partial charge is 0.317 e. The van der Waals surface area contributed by atoms with Gasteiger partial charge in [0.25, 0.3) is 5.56 Å². The van der Waals surface area contributed by atoms with Crippen molar-refractivity contribution in [3.63, 3.8) is 0 Å². The molecule has 1 N–H and O–H groups in total. The van der Waals surface area contributed by atoms with Crippen LogP contribution in [0.2, 0.25) is 0 Å². The Morgan fingerprint density at radius 2 is 2.20 bits per heavy atom. The van der Waals surface area contributed by atoms with E-state index in [0.29, 0.717) is 0 Å². The van der Waals surface area contributed by atoms with E-state index in [4.69, 9.17) is 0 Å². The van der Waals surface area contributed by atoms with Crippen molar-refractivity contribution in [3.05, 3.63) is 27.9 Å². The van der Waals surface area contributed by atoms with Gasteiger partial charge in [-0.1, -0.05) is 6.92 Å². The molecule has 84 valence electrons. The molecule has 0 radical (unpaired) electrons. The van der Waals surface area contributed by atoms with Crippen LogP contribution in [-0.2, 0) is 6.54 Å². The zero-order valence-corrected chi connectivity index (χ0v) is 9.71. The van der Waals surface area contributed by atoms with Crippen LogP contribution in [0.15, 0.2) is 10.9 Å². The van der Waals surface area contributed by atoms with Gasteiger partial charge in [0.05, 0.1) is 0 Å². The van der Waals surface area contributed by atoms with Crippen molar-refractivity contribution in [1.82, 2.24) is 14.9 Å². The summed E-state index contributed by atoms with van der Waals surface area (Å²) in [5, 5.41) is 3.23. The van der Waals surface area contributed by atoms with E-state index in [0.717, 1.165) is 37.6 Å². The third-order valence-electron chi connectivity index (χ3n) is 2.31. The van der Waals surface area contributed by atoms with Crippen molar-refractivity contribution in [2.75, 3.05) is 13.1 Å². The first-order valence-electron chi connectivity index (χ1n) is 5.41. The van der Waals surface area contributed by atoms with Crippen LogP contribution < -0.4 is 10.9 Å². The van der Waals surface area contributed by atoms with E-state index >= 15 is 0 Å². The van der Waals surface area contributed by atoms with Crippen LogP contribution in [0.1, 0.15) is 24.9 Å². The van der Waals surface area contributed by atoms with Crippen molar-refractivity contribution in [2.45, 2.75) is 33.7 Å². The third-order valence-corrected chi connectivity index (χ3v) is 2.31. The van der Waals surface area contributed by atoms with Gasteiger partial charge in [0.15, 0.2) is 0 Å². The smallest absolute Gasteiger partial charge is 0.253 e. The summed E-state index contributed by atoms with van der Waals surface area (Å²) in [7, 11) is 0. The van der Waals surface area contributed by atoms with Crippen molar-refractivity contribution in [3.8, 4) is 0 Å². The van der Waals surface area contributed by atoms with E-state index in [1.165, 1.54) is 0 Å². The molecule has 15 heavy (non-hydrogen) atoms. The summed E-state index contributed by atoms with van der Waals surface area (Å²) < 4.78 is 1.73. The van der Waals surface area contributed by atoms with Crippen LogP contribution in [0, 0.1) is 13.8 Å². The lowest BCUT2D eigenvalue weighted by atomic mass is 10.3. The summed E-state index contributed by atoms with van der Waals surface area (Å²) in [6.45, 7) is 8.45. The first-order valence-corrected chi connectivity index (χ1v) is 5.41. The molecule has 4 heteroatoms. The first kappa shape index (κ1) is 11.9. The van der Waals surface area contributed by atoms with Gasteiger partial charge in [-0.2, -0.15) is 0 Å². The standard InChI is InChI=1S/C11H19N3O/c1-4-12-6-5-7-14-10(3)13-9(2)8-11(14)15/h8,12H,4-7H2,1-3H3. The van der Waals surface area contributed by atoms with Crippen LogP contribution in [0.5, 0.6) is 0 Å². The second-order valence-electron chi connectivity index (χ2n) is 3.64. The molecular formula is C11H19N3O. The Bertz CT molecular complexity index is 371. The van der Waals surface area contributed by atoms with E-state index in [-0.39, 0.29) is 5.56 Å². The van der Waals surface area contributed by atoms with Gasteiger partial charge in [0.2, 0.25) is 0 Å². The molecule has 1 aromatic heterocycles. The van der Waals surface area contributed by atoms with Crippen LogP contribution >= 0.6 is 0 Å². The van der Waals surface area contributed by atoms with Gasteiger partial charge in [0.1, 0.15) is 5.82 Å². The van der Waals surface area contributed by atoms with Crippen LogP contribution in [0.25, 0.3) is 0 Å². The maximum atomic E-state index is 11.6. The van der Waals surface area contributed by atoms with Crippen molar-refractivity contribution in [2.24, 2.45) is 0 Å². The summed E-state index contributed by atoms with van der Waals surface area (Å²) in [6.07, 6.45) is 0.958. The molecule has 1 heterocycles. The van der Waals surface area contributed by atoms with Gasteiger partial charge in [-0.25, -0.2) is 4.98 Å². The normalized spacial score (nSPS) is 10.6. The lowest BCUT2D eigenvalue weighted by Gasteiger charge is -2.09. The predicted molar refractivity (Wildman–Crippen MR) is 61.1 cm³/mol. The summed E-state index contributed by atoms with van der Waals surface area (Å²) >= 11 is 0. The molecule has 0 bridgehead atoms. The van der Waals surface area contributed by atoms with E-state index in [2.05, 4.69) is 17.2 Å². The lowest BCUT2D eigenvalue weighted by molar-refractivity contribution is 0.559. The Morgan fingerprint density at radius 1 is 1.47 bits per heavy atom. The van der Waals surface area contributed by atoms with E-state index in [1.54, 1.807) is 10.6 Å². The minimum atomic E-state index is 0.0523. The monoisotopic (exact) mass is 209 g/mol. The van der Waals surface area contributed by atoms with E-state index < -0.39 is 0 Å². The molecule has 0 spiro atoms. The molecule has 1 aromatic rings. The predicted octanol–water partition coefficient (Wildman–Crippen LogP) is 0.860. The maximum absolute atomic E-state index is 11.6. The number of aryl methyl sites for hydroxylation is 2. The number of hydrogen-bond acceptors (Lipinski definition) is 3. The zero-order valence-electron chi connectivity index (χ0n) is 9.71. The Balaban J connectivity index is 2.65. The fraction of sp³-hybridized carbons (Fsp3) is 0.636. The highest BCUT2D eigenvalue weighted by molar-refractivity contribution is 5.01. The quantitative estimate of drug-likeness (QED) is 0.732. The van der Waals surface area contributed by atoms with Gasteiger partial charge in [0, 0.05) is 18.3 Å². The molecule has 1 rings (SSSR count). The van der Waals surface area contributed by atoms with Crippen molar-refractivity contribution in [1.29, 1.82) is 0 Å². The molecule has 0 unspecified atom stereocenters. The fourth-order valence-electron chi connectivity index (χ4n) is 1.57. The summed E-state index contributed by atoms with van der Waals surface area (Å²) in [5.74, 6) is 0.802. The highest BCUT2D eigenvalue weighted by Gasteiger charge is 2.01. The number of nitrogens with zero attached hydrogens (tertiary/aromatic N) is 2. The molecule has 0 saturated carbocycles. The highest BCUT2D eigenvalue weighted by Crippen LogP contribution is 1.94. The number of aromatic nitrogens is 2. The summed E-state index contributed by atoms with van der Waals surface area (Å²) in [6, 6.07) is 1.58. The summed E-state index contributed by atoms with van der Waals surface area (Å²) in [5.41, 5.74) is 0.844. The average molecular weight is 209 g/mol. The van der Waals surface area contributed by atoms with Crippen LogP contribution in [-0.4, -0.2) is 22.6 Å². The Hall–Kier alpha value is -1.16. The Kier molecular flexibility index (Phi) is 4.49. The highest BCUT2D eigenvalue weighted by atomic mass is 16.1. The molecule has 0 saturated heterocycles. The topological polar surface area (TPSA) is 46.9 Å². The van der Waals surface area contributed by atoms with Gasteiger partial charge in [-0.15, -0.1) is 0 Å². The number of hydrogen-bond donors (Lipinski definition) is 1. The van der Waals surface area contributed by atoms with Crippen LogP contribution in [0.3, 0.4) is 0 Å². The van der Waals surface area contributed by atoms with E-state index in [9.17, 15) is 4.79 Å². The van der Waals surface area contributed by atoms with Gasteiger partial charge in [-0.3, -0.25) is 9.36 Å². The van der Waals surface area contributed by atoms with Crippen LogP contribution in [0.4, 0.5) is 0 Å². The molecule has 0 fully saturated rings. The molecular weight excluding hydrogens is 190 g/mol. The van der Waals surface area contributed by atoms with Crippen molar-refractivity contribution < 1.29 is 0 Å². The maximum Gasteiger partial charge on any atom is 0.253 e. The molecule has 0 aliphatic heterocycles. The number of nitrogens with one attached hydrogen (secondary N) is 1. The number of rotatable bonds is 5. The molecule has 0 aliphatic carbocycles. The second kappa shape index (κ2) is 5.66. The van der Waals surface area contributed by atoms with Gasteiger partial charge >= 0.3 is 0 Å². The third kappa shape index (κ3) is 3.47. The second-order valence-corrected chi connectivity index (χ2v) is 3.64. The molecule has 0 atom stereocenters. The Labute approximate surface area is 90.3 Å². The minimum Gasteiger partial charge on any atom is -0.317 e. The Morgan fingerprint density at radius 3 is 2.80 bits per heavy atom. The van der Waals surface area contributed by atoms with E-state index in [1.807, 2.05) is 13.8 Å². The molecule has 0 aromatic carbocycles. The average Bonchev–Trinajstić information content (AvgIpc) is 2.15. The van der Waals surface area contributed by atoms with Crippen molar-refractivity contribution >= 4 is 0 Å². The molecule has 0 aliphatic rings. The molecule has 4 nitrogen and oxygen atoms in total. The SMILES string of the molecule is CCNCCCn1c(C)nc(C)cc1=O. The minimum absolute atomic E-state index is 0.0523. The zero-order chi connectivity index (χ0) is 11.3. The first-order chi connectivity index (χ1) is 7.15. The van der Waals surface area contributed by atoms with Gasteiger partial charge in [-0.05, 0) is 33.4 Å². The fourth-order valence-corrected chi connectivity index (χ4v) is 1.57. The van der Waals surface area contributed by atoms with Gasteiger partial charge < -0.3 is 5.32 Å². The lowest BCUT2D eigenvalue weighted by Crippen LogP contribution is -2.25.